The second kappa shape index (κ2) is 11.1. The van der Waals surface area contributed by atoms with E-state index in [1.54, 1.807) is 41.2 Å². The minimum Gasteiger partial charge on any atom is -0.289 e. The van der Waals surface area contributed by atoms with Crippen LogP contribution in [0.1, 0.15) is 31.2 Å². The summed E-state index contributed by atoms with van der Waals surface area (Å²) in [6.07, 6.45) is 6.57. The third kappa shape index (κ3) is 5.65. The van der Waals surface area contributed by atoms with Crippen LogP contribution in [0, 0.1) is 0 Å². The van der Waals surface area contributed by atoms with Crippen molar-refractivity contribution >= 4 is 60.1 Å². The molecule has 1 aromatic heterocycles. The number of amides is 1. The number of rotatable bonds is 6. The first kappa shape index (κ1) is 28.3. The Labute approximate surface area is 249 Å². The lowest BCUT2D eigenvalue weighted by atomic mass is 10.1. The van der Waals surface area contributed by atoms with Gasteiger partial charge in [0.25, 0.3) is 5.91 Å². The van der Waals surface area contributed by atoms with Crippen molar-refractivity contribution in [2.45, 2.75) is 36.6 Å². The molecule has 0 N–H and O–H groups in total. The van der Waals surface area contributed by atoms with E-state index in [9.17, 15) is 21.6 Å². The molecule has 0 saturated carbocycles. The largest absolute Gasteiger partial charge is 0.289 e. The molecule has 214 valence electrons. The summed E-state index contributed by atoms with van der Waals surface area (Å²) < 4.78 is 54.5. The number of para-hydroxylation sites is 1. The Hall–Kier alpha value is -2.84. The smallest absolute Gasteiger partial charge is 0.266 e. The van der Waals surface area contributed by atoms with E-state index in [0.717, 1.165) is 36.7 Å². The molecule has 3 saturated heterocycles. The highest BCUT2D eigenvalue weighted by Crippen LogP contribution is 2.38. The fourth-order valence-electron chi connectivity index (χ4n) is 5.40. The minimum atomic E-state index is -3.66. The molecule has 3 aromatic rings. The van der Waals surface area contributed by atoms with E-state index in [1.807, 2.05) is 30.3 Å². The summed E-state index contributed by atoms with van der Waals surface area (Å²) in [6, 6.07) is 15.8. The molecule has 41 heavy (non-hydrogen) atoms. The van der Waals surface area contributed by atoms with Crippen molar-refractivity contribution < 1.29 is 21.6 Å². The Bertz CT molecular complexity index is 1760. The van der Waals surface area contributed by atoms with Crippen LogP contribution in [0.4, 0.5) is 0 Å². The lowest BCUT2D eigenvalue weighted by molar-refractivity contribution is -0.123. The number of carbonyl (C=O) groups excluding carboxylic acids is 1. The van der Waals surface area contributed by atoms with Gasteiger partial charge in [0.1, 0.15) is 10.0 Å². The fraction of sp³-hybridized carbons (Fsp3) is 0.321. The van der Waals surface area contributed by atoms with Crippen LogP contribution in [-0.4, -0.2) is 76.7 Å². The van der Waals surface area contributed by atoms with Crippen LogP contribution in [0.5, 0.6) is 0 Å². The number of thiocarbonyl (C=S) groups is 1. The molecule has 1 amide bonds. The first-order valence-corrected chi connectivity index (χ1v) is 17.8. The van der Waals surface area contributed by atoms with Gasteiger partial charge in [-0.1, -0.05) is 60.7 Å². The maximum absolute atomic E-state index is 13.4. The van der Waals surface area contributed by atoms with E-state index < -0.39 is 25.9 Å². The molecule has 0 bridgehead atoms. The number of hydrogen-bond donors (Lipinski definition) is 0. The van der Waals surface area contributed by atoms with Crippen LogP contribution >= 0.6 is 24.0 Å². The molecule has 0 spiro atoms. The highest BCUT2D eigenvalue weighted by molar-refractivity contribution is 8.26. The lowest BCUT2D eigenvalue weighted by Gasteiger charge is -2.26. The maximum atomic E-state index is 13.4. The topological polar surface area (TPSA) is 110 Å². The molecule has 3 aliphatic rings. The van der Waals surface area contributed by atoms with Gasteiger partial charge < -0.3 is 0 Å². The number of carbonyl (C=O) groups is 1. The van der Waals surface area contributed by atoms with Crippen molar-refractivity contribution in [1.82, 2.24) is 19.0 Å². The van der Waals surface area contributed by atoms with Gasteiger partial charge in [-0.2, -0.15) is 9.40 Å². The van der Waals surface area contributed by atoms with Gasteiger partial charge in [-0.15, -0.1) is 0 Å². The number of nitrogens with zero attached hydrogens (tertiary/aromatic N) is 4. The average Bonchev–Trinajstić information content (AvgIpc) is 3.64. The van der Waals surface area contributed by atoms with Crippen LogP contribution in [0.2, 0.25) is 0 Å². The van der Waals surface area contributed by atoms with Crippen molar-refractivity contribution in [3.63, 3.8) is 0 Å². The summed E-state index contributed by atoms with van der Waals surface area (Å²) in [5.74, 6) is -0.386. The monoisotopic (exact) mass is 628 g/mol. The van der Waals surface area contributed by atoms with E-state index in [4.69, 9.17) is 17.3 Å². The molecule has 4 heterocycles. The molecule has 6 rings (SSSR count). The number of benzene rings is 2. The molecule has 3 aliphatic heterocycles. The van der Waals surface area contributed by atoms with Crippen LogP contribution in [0.25, 0.3) is 23.0 Å². The summed E-state index contributed by atoms with van der Waals surface area (Å²) in [5.41, 5.74) is 2.52. The summed E-state index contributed by atoms with van der Waals surface area (Å²) >= 11 is 6.62. The first-order chi connectivity index (χ1) is 19.6. The van der Waals surface area contributed by atoms with E-state index in [0.29, 0.717) is 45.6 Å². The van der Waals surface area contributed by atoms with Gasteiger partial charge in [0.2, 0.25) is 10.0 Å². The molecule has 9 nitrogen and oxygen atoms in total. The number of sulfone groups is 1. The zero-order valence-electron chi connectivity index (χ0n) is 22.0. The second-order valence-corrected chi connectivity index (χ2v) is 16.2. The van der Waals surface area contributed by atoms with Crippen LogP contribution in [-0.2, 0) is 24.7 Å². The Balaban J connectivity index is 1.40. The summed E-state index contributed by atoms with van der Waals surface area (Å²) in [7, 11) is -6.86. The van der Waals surface area contributed by atoms with Gasteiger partial charge in [-0.3, -0.25) is 9.69 Å². The van der Waals surface area contributed by atoms with E-state index in [-0.39, 0.29) is 22.3 Å². The van der Waals surface area contributed by atoms with Gasteiger partial charge in [-0.25, -0.2) is 21.5 Å². The third-order valence-electron chi connectivity index (χ3n) is 7.51. The quantitative estimate of drug-likeness (QED) is 0.297. The van der Waals surface area contributed by atoms with Crippen LogP contribution in [0.3, 0.4) is 0 Å². The number of sulfonamides is 1. The Morgan fingerprint density at radius 3 is 2.49 bits per heavy atom. The Morgan fingerprint density at radius 2 is 1.78 bits per heavy atom. The van der Waals surface area contributed by atoms with Gasteiger partial charge >= 0.3 is 0 Å². The second-order valence-electron chi connectivity index (χ2n) is 10.3. The third-order valence-corrected chi connectivity index (χ3v) is 12.5. The fourth-order valence-corrected chi connectivity index (χ4v) is 10.1. The standard InChI is InChI=1S/C28H28N4O5S4/c33-27-25(39-28(38)32(27)23-12-15-40(34,35)19-23)17-21-18-31(22-9-3-1-4-10-22)29-26(21)20-8-7-11-24(16-20)41(36,37)30-13-5-2-6-14-30/h1,3-4,7-11,16-18,23H,2,5-6,12-15,19H2/b25-17-. The van der Waals surface area contributed by atoms with E-state index >= 15 is 0 Å². The van der Waals surface area contributed by atoms with Gasteiger partial charge in [-0.05, 0) is 49.6 Å². The van der Waals surface area contributed by atoms with Crippen molar-refractivity contribution in [3.05, 3.63) is 71.3 Å². The zero-order chi connectivity index (χ0) is 28.8. The number of thioether (sulfide) groups is 1. The van der Waals surface area contributed by atoms with Crippen molar-refractivity contribution in [2.75, 3.05) is 24.6 Å². The van der Waals surface area contributed by atoms with Crippen molar-refractivity contribution in [2.24, 2.45) is 0 Å². The van der Waals surface area contributed by atoms with Gasteiger partial charge in [0, 0.05) is 30.4 Å². The number of hydrogen-bond acceptors (Lipinski definition) is 8. The molecule has 1 atom stereocenters. The van der Waals surface area contributed by atoms with Crippen LogP contribution in [0.15, 0.2) is 70.6 Å². The summed E-state index contributed by atoms with van der Waals surface area (Å²) in [5, 5.41) is 4.81. The first-order valence-electron chi connectivity index (χ1n) is 13.4. The Morgan fingerprint density at radius 1 is 1.02 bits per heavy atom. The lowest BCUT2D eigenvalue weighted by Crippen LogP contribution is -2.39. The SMILES string of the molecule is O=C1/C(=C/c2cn(-c3ccccc3)nc2-c2cccc(S(=O)(=O)N3CCCCC3)c2)SC(=S)N1C1CCS(=O)(=O)C1. The van der Waals surface area contributed by atoms with Gasteiger partial charge in [0.05, 0.1) is 33.0 Å². The number of piperidine rings is 1. The predicted molar refractivity (Wildman–Crippen MR) is 164 cm³/mol. The van der Waals surface area contributed by atoms with E-state index in [2.05, 4.69) is 0 Å². The molecule has 2 aromatic carbocycles. The average molecular weight is 629 g/mol. The van der Waals surface area contributed by atoms with Crippen LogP contribution < -0.4 is 0 Å². The summed E-state index contributed by atoms with van der Waals surface area (Å²) in [6.45, 7) is 1.01. The molecule has 3 fully saturated rings. The molecule has 1 unspecified atom stereocenters. The number of aromatic nitrogens is 2. The van der Waals surface area contributed by atoms with Gasteiger partial charge in [0.15, 0.2) is 9.84 Å². The maximum Gasteiger partial charge on any atom is 0.266 e. The zero-order valence-corrected chi connectivity index (χ0v) is 25.3. The normalized spacial score (nSPS) is 22.6. The minimum absolute atomic E-state index is 0.0401. The van der Waals surface area contributed by atoms with Crippen molar-refractivity contribution in [3.8, 4) is 16.9 Å². The summed E-state index contributed by atoms with van der Waals surface area (Å²) in [4.78, 5) is 15.4. The highest BCUT2D eigenvalue weighted by atomic mass is 32.2. The highest BCUT2D eigenvalue weighted by Gasteiger charge is 2.42. The molecule has 0 radical (unpaired) electrons. The molecular formula is C28H28N4O5S4. The van der Waals surface area contributed by atoms with E-state index in [1.165, 1.54) is 9.21 Å². The Kier molecular flexibility index (Phi) is 7.66. The predicted octanol–water partition coefficient (Wildman–Crippen LogP) is 4.10. The molecule has 0 aliphatic carbocycles. The molecule has 13 heteroatoms. The van der Waals surface area contributed by atoms with Crippen molar-refractivity contribution in [1.29, 1.82) is 0 Å². The molecular weight excluding hydrogens is 601 g/mol.